The Labute approximate surface area is 174 Å². The van der Waals surface area contributed by atoms with E-state index in [1.807, 2.05) is 37.9 Å². The van der Waals surface area contributed by atoms with E-state index in [1.165, 1.54) is 5.56 Å². The summed E-state index contributed by atoms with van der Waals surface area (Å²) in [7, 11) is 1.81. The van der Waals surface area contributed by atoms with Crippen molar-refractivity contribution in [1.29, 1.82) is 0 Å². The average Bonchev–Trinajstić information content (AvgIpc) is 3.27. The lowest BCUT2D eigenvalue weighted by Gasteiger charge is -2.37. The Morgan fingerprint density at radius 1 is 1.21 bits per heavy atom. The molecule has 1 aromatic carbocycles. The second-order valence-corrected chi connectivity index (χ2v) is 7.85. The zero-order valence-corrected chi connectivity index (χ0v) is 17.9. The predicted octanol–water partition coefficient (Wildman–Crippen LogP) is 1.91. The van der Waals surface area contributed by atoms with E-state index in [4.69, 9.17) is 9.47 Å². The van der Waals surface area contributed by atoms with Crippen LogP contribution in [-0.4, -0.2) is 80.3 Å². The van der Waals surface area contributed by atoms with E-state index in [9.17, 15) is 4.79 Å². The summed E-state index contributed by atoms with van der Waals surface area (Å²) >= 11 is 0. The molecule has 0 aliphatic carbocycles. The van der Waals surface area contributed by atoms with Crippen LogP contribution < -0.4 is 10.1 Å². The lowest BCUT2D eigenvalue weighted by molar-refractivity contribution is -0.142. The average molecular weight is 403 g/mol. The van der Waals surface area contributed by atoms with Crippen LogP contribution in [0.5, 0.6) is 5.75 Å². The Bertz CT molecular complexity index is 676. The van der Waals surface area contributed by atoms with Gasteiger partial charge in [0, 0.05) is 46.4 Å². The van der Waals surface area contributed by atoms with Gasteiger partial charge >= 0.3 is 0 Å². The summed E-state index contributed by atoms with van der Waals surface area (Å²) in [5, 5.41) is 3.45. The van der Waals surface area contributed by atoms with Gasteiger partial charge in [-0.15, -0.1) is 0 Å². The highest BCUT2D eigenvalue weighted by Crippen LogP contribution is 2.16. The molecular weight excluding hydrogens is 368 g/mol. The number of ether oxygens (including phenoxy) is 2. The zero-order valence-electron chi connectivity index (χ0n) is 17.9. The van der Waals surface area contributed by atoms with E-state index in [0.29, 0.717) is 6.61 Å². The molecule has 7 nitrogen and oxygen atoms in total. The van der Waals surface area contributed by atoms with Gasteiger partial charge in [0.1, 0.15) is 11.9 Å². The SMILES string of the molecule is CN=C(NCCc1ccc(OC(C)C)cc1)N1CCN(C(=O)C2CCCO2)CC1. The molecule has 2 fully saturated rings. The van der Waals surface area contributed by atoms with E-state index in [-0.39, 0.29) is 18.1 Å². The van der Waals surface area contributed by atoms with Crippen molar-refractivity contribution in [2.45, 2.75) is 45.3 Å². The lowest BCUT2D eigenvalue weighted by atomic mass is 10.1. The lowest BCUT2D eigenvalue weighted by Crippen LogP contribution is -2.55. The fourth-order valence-electron chi connectivity index (χ4n) is 3.77. The van der Waals surface area contributed by atoms with Gasteiger partial charge in [0.15, 0.2) is 5.96 Å². The molecule has 7 heteroatoms. The molecule has 2 aliphatic rings. The van der Waals surface area contributed by atoms with Gasteiger partial charge in [0.05, 0.1) is 6.10 Å². The first-order chi connectivity index (χ1) is 14.1. The Balaban J connectivity index is 1.41. The normalized spacial score (nSPS) is 20.3. The molecule has 1 aromatic rings. The minimum atomic E-state index is -0.226. The maximum absolute atomic E-state index is 12.5. The first-order valence-electron chi connectivity index (χ1n) is 10.7. The molecule has 0 bridgehead atoms. The van der Waals surface area contributed by atoms with Crippen molar-refractivity contribution in [2.24, 2.45) is 4.99 Å². The molecule has 1 atom stereocenters. The summed E-state index contributed by atoms with van der Waals surface area (Å²) in [6.07, 6.45) is 2.72. The second kappa shape index (κ2) is 10.5. The number of amides is 1. The zero-order chi connectivity index (χ0) is 20.6. The van der Waals surface area contributed by atoms with E-state index in [1.54, 1.807) is 0 Å². The van der Waals surface area contributed by atoms with Crippen LogP contribution in [0.2, 0.25) is 0 Å². The number of aliphatic imine (C=N–C) groups is 1. The van der Waals surface area contributed by atoms with Crippen molar-refractivity contribution >= 4 is 11.9 Å². The van der Waals surface area contributed by atoms with Gasteiger partial charge in [0.25, 0.3) is 5.91 Å². The molecule has 1 unspecified atom stereocenters. The maximum Gasteiger partial charge on any atom is 0.251 e. The van der Waals surface area contributed by atoms with E-state index in [0.717, 1.165) is 63.7 Å². The number of hydrogen-bond acceptors (Lipinski definition) is 4. The Morgan fingerprint density at radius 3 is 2.48 bits per heavy atom. The fraction of sp³-hybridized carbons (Fsp3) is 0.636. The number of benzene rings is 1. The quantitative estimate of drug-likeness (QED) is 0.582. The number of nitrogens with zero attached hydrogens (tertiary/aromatic N) is 3. The summed E-state index contributed by atoms with van der Waals surface area (Å²) in [5.41, 5.74) is 1.26. The van der Waals surface area contributed by atoms with Gasteiger partial charge < -0.3 is 24.6 Å². The molecule has 29 heavy (non-hydrogen) atoms. The smallest absolute Gasteiger partial charge is 0.251 e. The highest BCUT2D eigenvalue weighted by molar-refractivity contribution is 5.82. The molecule has 1 N–H and O–H groups in total. The molecule has 3 rings (SSSR count). The Morgan fingerprint density at radius 2 is 1.90 bits per heavy atom. The number of carbonyl (C=O) groups is 1. The predicted molar refractivity (Wildman–Crippen MR) is 114 cm³/mol. The van der Waals surface area contributed by atoms with Crippen LogP contribution in [-0.2, 0) is 16.0 Å². The van der Waals surface area contributed by atoms with Crippen molar-refractivity contribution in [1.82, 2.24) is 15.1 Å². The van der Waals surface area contributed by atoms with Crippen molar-refractivity contribution in [3.05, 3.63) is 29.8 Å². The fourth-order valence-corrected chi connectivity index (χ4v) is 3.77. The molecule has 2 aliphatic heterocycles. The number of rotatable bonds is 6. The van der Waals surface area contributed by atoms with Crippen LogP contribution in [0.3, 0.4) is 0 Å². The second-order valence-electron chi connectivity index (χ2n) is 7.85. The molecule has 0 aromatic heterocycles. The minimum Gasteiger partial charge on any atom is -0.491 e. The first-order valence-corrected chi connectivity index (χ1v) is 10.7. The number of piperazine rings is 1. The van der Waals surface area contributed by atoms with Crippen LogP contribution in [0.4, 0.5) is 0 Å². The molecule has 0 radical (unpaired) electrons. The molecule has 160 valence electrons. The minimum absolute atomic E-state index is 0.148. The number of nitrogens with one attached hydrogen (secondary N) is 1. The van der Waals surface area contributed by atoms with E-state index >= 15 is 0 Å². The van der Waals surface area contributed by atoms with Crippen LogP contribution in [0.25, 0.3) is 0 Å². The molecule has 2 heterocycles. The molecule has 0 saturated carbocycles. The summed E-state index contributed by atoms with van der Waals surface area (Å²) in [4.78, 5) is 21.1. The Kier molecular flexibility index (Phi) is 7.75. The van der Waals surface area contributed by atoms with E-state index in [2.05, 4.69) is 27.3 Å². The highest BCUT2D eigenvalue weighted by atomic mass is 16.5. The van der Waals surface area contributed by atoms with Gasteiger partial charge in [0.2, 0.25) is 0 Å². The number of carbonyl (C=O) groups excluding carboxylic acids is 1. The van der Waals surface area contributed by atoms with Gasteiger partial charge in [-0.3, -0.25) is 9.79 Å². The summed E-state index contributed by atoms with van der Waals surface area (Å²) in [6, 6.07) is 8.26. The van der Waals surface area contributed by atoms with Gasteiger partial charge in [-0.2, -0.15) is 0 Å². The molecule has 0 spiro atoms. The monoisotopic (exact) mass is 402 g/mol. The van der Waals surface area contributed by atoms with Crippen LogP contribution >= 0.6 is 0 Å². The summed E-state index contributed by atoms with van der Waals surface area (Å²) in [6.45, 7) is 8.60. The topological polar surface area (TPSA) is 66.4 Å². The van der Waals surface area contributed by atoms with Gasteiger partial charge in [-0.1, -0.05) is 12.1 Å². The van der Waals surface area contributed by atoms with Crippen LogP contribution in [0, 0.1) is 0 Å². The molecule has 2 saturated heterocycles. The highest BCUT2D eigenvalue weighted by Gasteiger charge is 2.30. The van der Waals surface area contributed by atoms with Crippen molar-refractivity contribution in [3.63, 3.8) is 0 Å². The molecular formula is C22H34N4O3. The third-order valence-electron chi connectivity index (χ3n) is 5.30. The standard InChI is InChI=1S/C22H34N4O3/c1-17(2)29-19-8-6-18(7-9-19)10-11-24-22(23-3)26-14-12-25(13-15-26)21(27)20-5-4-16-28-20/h6-9,17,20H,4-5,10-16H2,1-3H3,(H,23,24). The molecule has 1 amide bonds. The van der Waals surface area contributed by atoms with Gasteiger partial charge in [-0.25, -0.2) is 0 Å². The van der Waals surface area contributed by atoms with Crippen molar-refractivity contribution < 1.29 is 14.3 Å². The number of guanidine groups is 1. The Hall–Kier alpha value is -2.28. The largest absolute Gasteiger partial charge is 0.491 e. The van der Waals surface area contributed by atoms with Gasteiger partial charge in [-0.05, 0) is 50.8 Å². The third-order valence-corrected chi connectivity index (χ3v) is 5.30. The van der Waals surface area contributed by atoms with Crippen LogP contribution in [0.15, 0.2) is 29.3 Å². The summed E-state index contributed by atoms with van der Waals surface area (Å²) < 4.78 is 11.2. The maximum atomic E-state index is 12.5. The van der Waals surface area contributed by atoms with E-state index < -0.39 is 0 Å². The third kappa shape index (κ3) is 6.10. The number of hydrogen-bond donors (Lipinski definition) is 1. The van der Waals surface area contributed by atoms with Crippen molar-refractivity contribution in [2.75, 3.05) is 46.4 Å². The van der Waals surface area contributed by atoms with Crippen molar-refractivity contribution in [3.8, 4) is 5.75 Å². The summed E-state index contributed by atoms with van der Waals surface area (Å²) in [5.74, 6) is 1.95. The first kappa shape index (κ1) is 21.4. The van der Waals surface area contributed by atoms with Crippen LogP contribution in [0.1, 0.15) is 32.3 Å².